The minimum absolute atomic E-state index is 0.0689. The van der Waals surface area contributed by atoms with Gasteiger partial charge < -0.3 is 24.3 Å². The molecule has 7 nitrogen and oxygen atoms in total. The van der Waals surface area contributed by atoms with Gasteiger partial charge >= 0.3 is 12.1 Å². The van der Waals surface area contributed by atoms with Gasteiger partial charge in [0.25, 0.3) is 0 Å². The van der Waals surface area contributed by atoms with Crippen LogP contribution in [0.3, 0.4) is 0 Å². The van der Waals surface area contributed by atoms with Crippen LogP contribution in [0.5, 0.6) is 0 Å². The number of carbonyl (C=O) groups excluding carboxylic acids is 2. The van der Waals surface area contributed by atoms with Crippen LogP contribution in [0.1, 0.15) is 60.3 Å². The fourth-order valence-electron chi connectivity index (χ4n) is 4.42. The maximum absolute atomic E-state index is 12.1. The predicted octanol–water partition coefficient (Wildman–Crippen LogP) is 4.20. The molecule has 1 saturated carbocycles. The van der Waals surface area contributed by atoms with Gasteiger partial charge in [0.15, 0.2) is 5.79 Å². The fraction of sp³-hybridized carbons (Fsp3) is 0.727. The summed E-state index contributed by atoms with van der Waals surface area (Å²) in [7, 11) is 1.34. The van der Waals surface area contributed by atoms with Gasteiger partial charge in [0.1, 0.15) is 17.8 Å². The van der Waals surface area contributed by atoms with Gasteiger partial charge in [-0.2, -0.15) is 0 Å². The zero-order valence-electron chi connectivity index (χ0n) is 18.5. The molecule has 1 saturated heterocycles. The van der Waals surface area contributed by atoms with E-state index in [2.05, 4.69) is 5.32 Å². The fourth-order valence-corrected chi connectivity index (χ4v) is 4.69. The van der Waals surface area contributed by atoms with Gasteiger partial charge in [-0.05, 0) is 72.0 Å². The predicted molar refractivity (Wildman–Crippen MR) is 112 cm³/mol. The Labute approximate surface area is 183 Å². The van der Waals surface area contributed by atoms with Crippen molar-refractivity contribution in [3.63, 3.8) is 0 Å². The van der Waals surface area contributed by atoms with E-state index < -0.39 is 29.6 Å². The molecule has 0 bridgehead atoms. The summed E-state index contributed by atoms with van der Waals surface area (Å²) in [5.41, 5.74) is 0.666. The first kappa shape index (κ1) is 23.1. The summed E-state index contributed by atoms with van der Waals surface area (Å²) < 4.78 is 22.9. The van der Waals surface area contributed by atoms with Crippen molar-refractivity contribution in [2.24, 2.45) is 5.92 Å². The molecule has 3 aliphatic rings. The molecule has 0 radical (unpaired) electrons. The Hall–Kier alpha value is -1.57. The normalized spacial score (nSPS) is 34.2. The van der Waals surface area contributed by atoms with Crippen molar-refractivity contribution < 1.29 is 28.5 Å². The van der Waals surface area contributed by atoms with E-state index in [0.29, 0.717) is 10.6 Å². The Morgan fingerprint density at radius 3 is 2.33 bits per heavy atom. The zero-order valence-corrected chi connectivity index (χ0v) is 19.3. The molecule has 3 rings (SSSR count). The lowest BCUT2D eigenvalue weighted by molar-refractivity contribution is -0.200. The number of hydrogen-bond acceptors (Lipinski definition) is 6. The van der Waals surface area contributed by atoms with Gasteiger partial charge in [-0.3, -0.25) is 0 Å². The molecule has 1 amide bonds. The summed E-state index contributed by atoms with van der Waals surface area (Å²) in [6.07, 6.45) is 3.68. The minimum atomic E-state index is -0.812. The summed E-state index contributed by atoms with van der Waals surface area (Å²) in [6, 6.07) is 0.0689. The number of methoxy groups -OCH3 is 1. The third-order valence-corrected chi connectivity index (χ3v) is 6.32. The SMILES string of the molecule is COC(=O)C1=C(C)C2O[C@](C)(C3CCC(NC(=O)OC(C)(C)C)CC3)OC2C(Cl)=C1. The van der Waals surface area contributed by atoms with Gasteiger partial charge in [0.05, 0.1) is 17.7 Å². The van der Waals surface area contributed by atoms with Gasteiger partial charge in [-0.25, -0.2) is 9.59 Å². The largest absolute Gasteiger partial charge is 0.465 e. The third-order valence-electron chi connectivity index (χ3n) is 6.00. The number of fused-ring (bicyclic) bond motifs is 1. The van der Waals surface area contributed by atoms with Crippen LogP contribution in [0.2, 0.25) is 0 Å². The lowest BCUT2D eigenvalue weighted by Crippen LogP contribution is -2.45. The molecule has 0 aromatic rings. The van der Waals surface area contributed by atoms with Crippen molar-refractivity contribution in [3.8, 4) is 0 Å². The topological polar surface area (TPSA) is 83.1 Å². The van der Waals surface area contributed by atoms with E-state index in [1.54, 1.807) is 6.08 Å². The van der Waals surface area contributed by atoms with Crippen LogP contribution in [0.4, 0.5) is 4.79 Å². The van der Waals surface area contributed by atoms with Gasteiger partial charge in [0, 0.05) is 12.0 Å². The Morgan fingerprint density at radius 1 is 1.17 bits per heavy atom. The first-order chi connectivity index (χ1) is 13.9. The van der Waals surface area contributed by atoms with Crippen molar-refractivity contribution in [2.45, 2.75) is 89.9 Å². The van der Waals surface area contributed by atoms with Crippen LogP contribution in [0.25, 0.3) is 0 Å². The highest BCUT2D eigenvalue weighted by Gasteiger charge is 2.53. The molecule has 1 heterocycles. The molecular formula is C22H32ClNO6. The maximum Gasteiger partial charge on any atom is 0.407 e. The van der Waals surface area contributed by atoms with Gasteiger partial charge in [0.2, 0.25) is 0 Å². The average Bonchev–Trinajstić information content (AvgIpc) is 3.03. The molecule has 3 atom stereocenters. The summed E-state index contributed by atoms with van der Waals surface area (Å²) in [4.78, 5) is 24.1. The minimum Gasteiger partial charge on any atom is -0.465 e. The van der Waals surface area contributed by atoms with Gasteiger partial charge in [-0.1, -0.05) is 11.6 Å². The first-order valence-corrected chi connectivity index (χ1v) is 10.8. The molecule has 2 fully saturated rings. The number of halogens is 1. The van der Waals surface area contributed by atoms with Crippen molar-refractivity contribution >= 4 is 23.7 Å². The van der Waals surface area contributed by atoms with Crippen LogP contribution < -0.4 is 5.32 Å². The Bertz CT molecular complexity index is 762. The third kappa shape index (κ3) is 4.84. The van der Waals surface area contributed by atoms with E-state index in [-0.39, 0.29) is 18.1 Å². The summed E-state index contributed by atoms with van der Waals surface area (Å²) in [5, 5.41) is 3.40. The molecule has 1 aliphatic heterocycles. The van der Waals surface area contributed by atoms with E-state index in [9.17, 15) is 9.59 Å². The quantitative estimate of drug-likeness (QED) is 0.661. The lowest BCUT2D eigenvalue weighted by atomic mass is 9.81. The van der Waals surface area contributed by atoms with E-state index in [4.69, 9.17) is 30.5 Å². The number of ether oxygens (including phenoxy) is 4. The standard InChI is InChI=1S/C22H32ClNO6/c1-12-15(19(25)27-6)11-16(23)18-17(12)28-22(5,29-18)13-7-9-14(10-8-13)24-20(26)30-21(2,3)4/h11,13-14,17-18H,7-10H2,1-6H3,(H,24,26)/t13?,14?,17?,18?,22-/m0/s1. The molecule has 0 aromatic carbocycles. The number of carbonyl (C=O) groups is 2. The Kier molecular flexibility index (Phi) is 6.56. The first-order valence-electron chi connectivity index (χ1n) is 10.4. The van der Waals surface area contributed by atoms with Crippen molar-refractivity contribution in [1.82, 2.24) is 5.32 Å². The van der Waals surface area contributed by atoms with Crippen LogP contribution in [-0.2, 0) is 23.7 Å². The van der Waals surface area contributed by atoms with E-state index in [1.165, 1.54) is 7.11 Å². The molecule has 168 valence electrons. The van der Waals surface area contributed by atoms with Crippen LogP contribution in [0.15, 0.2) is 22.3 Å². The van der Waals surface area contributed by atoms with Crippen LogP contribution in [-0.4, -0.2) is 48.8 Å². The number of nitrogens with one attached hydrogen (secondary N) is 1. The summed E-state index contributed by atoms with van der Waals surface area (Å²) >= 11 is 6.43. The maximum atomic E-state index is 12.1. The second kappa shape index (κ2) is 8.52. The smallest absolute Gasteiger partial charge is 0.407 e. The second-order valence-electron chi connectivity index (χ2n) is 9.41. The molecule has 0 aromatic heterocycles. The number of hydrogen-bond donors (Lipinski definition) is 1. The molecule has 2 unspecified atom stereocenters. The summed E-state index contributed by atoms with van der Waals surface area (Å²) in [5.74, 6) is -1.10. The number of alkyl carbamates (subject to hydrolysis) is 1. The molecule has 1 N–H and O–H groups in total. The van der Waals surface area contributed by atoms with Gasteiger partial charge in [-0.15, -0.1) is 0 Å². The molecule has 8 heteroatoms. The number of rotatable bonds is 3. The number of amides is 1. The average molecular weight is 442 g/mol. The zero-order chi connectivity index (χ0) is 22.3. The van der Waals surface area contributed by atoms with E-state index in [1.807, 2.05) is 34.6 Å². The van der Waals surface area contributed by atoms with Crippen LogP contribution in [0, 0.1) is 5.92 Å². The molecule has 2 aliphatic carbocycles. The highest BCUT2D eigenvalue weighted by atomic mass is 35.5. The molecule has 0 spiro atoms. The van der Waals surface area contributed by atoms with Crippen molar-refractivity contribution in [2.75, 3.05) is 7.11 Å². The monoisotopic (exact) mass is 441 g/mol. The van der Waals surface area contributed by atoms with E-state index in [0.717, 1.165) is 31.3 Å². The molecular weight excluding hydrogens is 410 g/mol. The Morgan fingerprint density at radius 2 is 1.77 bits per heavy atom. The van der Waals surface area contributed by atoms with E-state index >= 15 is 0 Å². The van der Waals surface area contributed by atoms with Crippen molar-refractivity contribution in [3.05, 3.63) is 22.3 Å². The second-order valence-corrected chi connectivity index (χ2v) is 9.84. The summed E-state index contributed by atoms with van der Waals surface area (Å²) in [6.45, 7) is 9.33. The number of esters is 1. The lowest BCUT2D eigenvalue weighted by Gasteiger charge is -2.38. The Balaban J connectivity index is 1.62. The highest BCUT2D eigenvalue weighted by Crippen LogP contribution is 2.47. The highest BCUT2D eigenvalue weighted by molar-refractivity contribution is 6.31. The molecule has 30 heavy (non-hydrogen) atoms. The van der Waals surface area contributed by atoms with Crippen LogP contribution >= 0.6 is 11.6 Å². The van der Waals surface area contributed by atoms with Crippen molar-refractivity contribution in [1.29, 1.82) is 0 Å².